The summed E-state index contributed by atoms with van der Waals surface area (Å²) in [6, 6.07) is 9.47. The summed E-state index contributed by atoms with van der Waals surface area (Å²) in [6.45, 7) is 5.91. The van der Waals surface area contributed by atoms with Crippen LogP contribution in [0.4, 0.5) is 11.4 Å². The molecular formula is C17H22N4. The van der Waals surface area contributed by atoms with Crippen LogP contribution in [0.2, 0.25) is 0 Å². The highest BCUT2D eigenvalue weighted by molar-refractivity contribution is 5.93. The molecule has 0 bridgehead atoms. The lowest BCUT2D eigenvalue weighted by atomic mass is 10.0. The van der Waals surface area contributed by atoms with Crippen LogP contribution in [-0.4, -0.2) is 41.6 Å². The van der Waals surface area contributed by atoms with E-state index in [-0.39, 0.29) is 0 Å². The molecule has 2 atom stereocenters. The molecule has 21 heavy (non-hydrogen) atoms. The molecule has 1 aromatic heterocycles. The molecule has 0 spiro atoms. The van der Waals surface area contributed by atoms with Gasteiger partial charge in [-0.15, -0.1) is 0 Å². The second-order valence-electron chi connectivity index (χ2n) is 6.40. The molecule has 2 N–H and O–H groups in total. The van der Waals surface area contributed by atoms with Gasteiger partial charge in [-0.25, -0.2) is 0 Å². The molecule has 110 valence electrons. The van der Waals surface area contributed by atoms with Crippen molar-refractivity contribution >= 4 is 22.3 Å². The molecule has 2 aliphatic heterocycles. The molecule has 2 aromatic rings. The van der Waals surface area contributed by atoms with Crippen LogP contribution in [-0.2, 0) is 0 Å². The normalized spacial score (nSPS) is 26.2. The van der Waals surface area contributed by atoms with Crippen molar-refractivity contribution in [3.8, 4) is 0 Å². The van der Waals surface area contributed by atoms with Crippen molar-refractivity contribution in [1.82, 2.24) is 9.88 Å². The molecular weight excluding hydrogens is 260 g/mol. The minimum Gasteiger partial charge on any atom is -0.399 e. The largest absolute Gasteiger partial charge is 0.399 e. The molecule has 2 aliphatic rings. The van der Waals surface area contributed by atoms with E-state index in [1.54, 1.807) is 0 Å². The maximum Gasteiger partial charge on any atom is 0.0743 e. The number of rotatable bonds is 1. The Hall–Kier alpha value is -1.81. The molecule has 2 unspecified atom stereocenters. The van der Waals surface area contributed by atoms with Crippen LogP contribution in [0, 0.1) is 0 Å². The first-order chi connectivity index (χ1) is 10.2. The third-order valence-electron chi connectivity index (χ3n) is 4.99. The number of aromatic nitrogens is 1. The molecule has 2 fully saturated rings. The summed E-state index contributed by atoms with van der Waals surface area (Å²) in [4.78, 5) is 9.69. The van der Waals surface area contributed by atoms with Crippen molar-refractivity contribution in [2.45, 2.75) is 31.8 Å². The number of fused-ring (bicyclic) bond motifs is 2. The fourth-order valence-electron chi connectivity index (χ4n) is 3.92. The second-order valence-corrected chi connectivity index (χ2v) is 6.40. The highest BCUT2D eigenvalue weighted by atomic mass is 15.3. The minimum absolute atomic E-state index is 0.544. The smallest absolute Gasteiger partial charge is 0.0743 e. The average molecular weight is 282 g/mol. The van der Waals surface area contributed by atoms with Crippen LogP contribution >= 0.6 is 0 Å². The Bertz CT molecular complexity index is 669. The van der Waals surface area contributed by atoms with E-state index in [4.69, 9.17) is 5.73 Å². The van der Waals surface area contributed by atoms with E-state index in [1.165, 1.54) is 37.0 Å². The second kappa shape index (κ2) is 4.88. The van der Waals surface area contributed by atoms with E-state index in [9.17, 15) is 0 Å². The summed E-state index contributed by atoms with van der Waals surface area (Å²) in [5.74, 6) is 0. The molecule has 0 aliphatic carbocycles. The Morgan fingerprint density at radius 2 is 2.14 bits per heavy atom. The molecule has 0 amide bonds. The summed E-state index contributed by atoms with van der Waals surface area (Å²) < 4.78 is 0. The monoisotopic (exact) mass is 282 g/mol. The zero-order valence-electron chi connectivity index (χ0n) is 12.5. The van der Waals surface area contributed by atoms with Gasteiger partial charge in [-0.2, -0.15) is 0 Å². The number of nitrogens with two attached hydrogens (primary N) is 1. The van der Waals surface area contributed by atoms with Gasteiger partial charge in [0.25, 0.3) is 0 Å². The van der Waals surface area contributed by atoms with Crippen LogP contribution in [0.1, 0.15) is 19.8 Å². The van der Waals surface area contributed by atoms with Gasteiger partial charge in [-0.3, -0.25) is 9.88 Å². The Morgan fingerprint density at radius 1 is 1.24 bits per heavy atom. The highest BCUT2D eigenvalue weighted by Gasteiger charge is 2.34. The highest BCUT2D eigenvalue weighted by Crippen LogP contribution is 2.33. The lowest BCUT2D eigenvalue weighted by Crippen LogP contribution is -2.55. The number of nitrogen functional groups attached to an aromatic ring is 1. The zero-order valence-corrected chi connectivity index (χ0v) is 12.5. The number of nitrogens with zero attached hydrogens (tertiary/aromatic N) is 3. The van der Waals surface area contributed by atoms with Gasteiger partial charge in [-0.05, 0) is 50.6 Å². The van der Waals surface area contributed by atoms with E-state index < -0.39 is 0 Å². The zero-order chi connectivity index (χ0) is 14.4. The van der Waals surface area contributed by atoms with Crippen LogP contribution < -0.4 is 10.6 Å². The van der Waals surface area contributed by atoms with Crippen LogP contribution in [0.15, 0.2) is 30.5 Å². The van der Waals surface area contributed by atoms with E-state index in [0.717, 1.165) is 23.8 Å². The average Bonchev–Trinajstić information content (AvgIpc) is 2.92. The lowest BCUT2D eigenvalue weighted by molar-refractivity contribution is 0.203. The van der Waals surface area contributed by atoms with Crippen LogP contribution in [0.5, 0.6) is 0 Å². The Morgan fingerprint density at radius 3 is 3.05 bits per heavy atom. The summed E-state index contributed by atoms with van der Waals surface area (Å²) in [5, 5.41) is 1.21. The molecule has 1 aromatic carbocycles. The molecule has 4 heteroatoms. The van der Waals surface area contributed by atoms with Crippen molar-refractivity contribution in [3.63, 3.8) is 0 Å². The molecule has 4 rings (SSSR count). The van der Waals surface area contributed by atoms with Crippen molar-refractivity contribution in [2.75, 3.05) is 30.3 Å². The van der Waals surface area contributed by atoms with Gasteiger partial charge >= 0.3 is 0 Å². The van der Waals surface area contributed by atoms with Gasteiger partial charge in [0.1, 0.15) is 0 Å². The number of hydrogen-bond donors (Lipinski definition) is 1. The third kappa shape index (κ3) is 2.14. The Kier molecular flexibility index (Phi) is 3.00. The van der Waals surface area contributed by atoms with E-state index in [0.29, 0.717) is 6.04 Å². The first kappa shape index (κ1) is 12.9. The molecule has 4 nitrogen and oxygen atoms in total. The van der Waals surface area contributed by atoms with Gasteiger partial charge in [0.05, 0.1) is 5.52 Å². The fraction of sp³-hybridized carbons (Fsp3) is 0.471. The lowest BCUT2D eigenvalue weighted by Gasteiger charge is -2.44. The van der Waals surface area contributed by atoms with Crippen molar-refractivity contribution in [2.24, 2.45) is 0 Å². The summed E-state index contributed by atoms with van der Waals surface area (Å²) in [5.41, 5.74) is 8.97. The standard InChI is InChI=1S/C17H22N4/c1-12-10-20-8-2-3-14(20)11-21(12)17-6-7-19-16-9-13(18)4-5-15(16)17/h4-7,9,12,14H,2-3,8,10-11,18H2,1H3. The molecule has 0 radical (unpaired) electrons. The number of piperazine rings is 1. The van der Waals surface area contributed by atoms with E-state index in [1.807, 2.05) is 18.3 Å². The maximum atomic E-state index is 5.89. The van der Waals surface area contributed by atoms with Crippen molar-refractivity contribution in [3.05, 3.63) is 30.5 Å². The number of pyridine rings is 1. The van der Waals surface area contributed by atoms with Gasteiger partial charge in [0, 0.05) is 48.1 Å². The fourth-order valence-corrected chi connectivity index (χ4v) is 3.92. The first-order valence-electron chi connectivity index (χ1n) is 7.87. The third-order valence-corrected chi connectivity index (χ3v) is 4.99. The SMILES string of the molecule is CC1CN2CCCC2CN1c1ccnc2cc(N)ccc12. The van der Waals surface area contributed by atoms with Gasteiger partial charge in [0.15, 0.2) is 0 Å². The summed E-state index contributed by atoms with van der Waals surface area (Å²) in [6.07, 6.45) is 4.59. The van der Waals surface area contributed by atoms with Crippen LogP contribution in [0.3, 0.4) is 0 Å². The van der Waals surface area contributed by atoms with Gasteiger partial charge in [-0.1, -0.05) is 0 Å². The number of anilines is 2. The minimum atomic E-state index is 0.544. The Labute approximate surface area is 125 Å². The van der Waals surface area contributed by atoms with Crippen LogP contribution in [0.25, 0.3) is 10.9 Å². The number of hydrogen-bond acceptors (Lipinski definition) is 4. The quantitative estimate of drug-likeness (QED) is 0.816. The van der Waals surface area contributed by atoms with Crippen molar-refractivity contribution in [1.29, 1.82) is 0 Å². The topological polar surface area (TPSA) is 45.4 Å². The van der Waals surface area contributed by atoms with Crippen molar-refractivity contribution < 1.29 is 0 Å². The predicted molar refractivity (Wildman–Crippen MR) is 87.6 cm³/mol. The maximum absolute atomic E-state index is 5.89. The van der Waals surface area contributed by atoms with Gasteiger partial charge in [0.2, 0.25) is 0 Å². The van der Waals surface area contributed by atoms with Gasteiger partial charge < -0.3 is 10.6 Å². The molecule has 2 saturated heterocycles. The number of benzene rings is 1. The first-order valence-corrected chi connectivity index (χ1v) is 7.87. The predicted octanol–water partition coefficient (Wildman–Crippen LogP) is 2.49. The Balaban J connectivity index is 1.75. The van der Waals surface area contributed by atoms with E-state index >= 15 is 0 Å². The molecule has 3 heterocycles. The summed E-state index contributed by atoms with van der Waals surface area (Å²) >= 11 is 0. The molecule has 0 saturated carbocycles. The van der Waals surface area contributed by atoms with E-state index in [2.05, 4.69) is 33.8 Å². The summed E-state index contributed by atoms with van der Waals surface area (Å²) in [7, 11) is 0.